The van der Waals surface area contributed by atoms with E-state index in [1.807, 2.05) is 18.2 Å². The fraction of sp³-hybridized carbons (Fsp3) is 0.308. The predicted molar refractivity (Wildman–Crippen MR) is 64.3 cm³/mol. The highest BCUT2D eigenvalue weighted by molar-refractivity contribution is 5.94. The molecule has 0 spiro atoms. The van der Waals surface area contributed by atoms with Gasteiger partial charge in [-0.05, 0) is 23.6 Å². The molecule has 2 rings (SSSR count). The summed E-state index contributed by atoms with van der Waals surface area (Å²) >= 11 is 0. The van der Waals surface area contributed by atoms with E-state index in [1.54, 1.807) is 7.11 Å². The average Bonchev–Trinajstić information content (AvgIpc) is 2.70. The second-order valence-electron chi connectivity index (χ2n) is 4.14. The van der Waals surface area contributed by atoms with Crippen molar-refractivity contribution in [1.82, 2.24) is 4.98 Å². The summed E-state index contributed by atoms with van der Waals surface area (Å²) in [6, 6.07) is 5.81. The number of benzene rings is 1. The zero-order valence-corrected chi connectivity index (χ0v) is 9.70. The van der Waals surface area contributed by atoms with Gasteiger partial charge in [-0.3, -0.25) is 4.79 Å². The molecule has 2 aromatic rings. The molecule has 3 heteroatoms. The van der Waals surface area contributed by atoms with Gasteiger partial charge in [-0.15, -0.1) is 0 Å². The zero-order valence-electron chi connectivity index (χ0n) is 9.70. The molecular formula is C13H15NO2. The Balaban J connectivity index is 2.77. The fourth-order valence-electron chi connectivity index (χ4n) is 1.96. The molecule has 0 radical (unpaired) electrons. The third-order valence-electron chi connectivity index (χ3n) is 2.78. The van der Waals surface area contributed by atoms with Crippen molar-refractivity contribution in [2.24, 2.45) is 0 Å². The molecule has 0 unspecified atom stereocenters. The first-order chi connectivity index (χ1) is 7.67. The van der Waals surface area contributed by atoms with E-state index in [0.717, 1.165) is 22.9 Å². The first-order valence-electron chi connectivity index (χ1n) is 5.32. The molecule has 0 amide bonds. The monoisotopic (exact) mass is 217 g/mol. The number of carbonyl (C=O) groups is 1. The summed E-state index contributed by atoms with van der Waals surface area (Å²) in [6.45, 7) is 4.26. The lowest BCUT2D eigenvalue weighted by atomic mass is 10.0. The molecular weight excluding hydrogens is 202 g/mol. The van der Waals surface area contributed by atoms with Gasteiger partial charge in [-0.1, -0.05) is 19.9 Å². The van der Waals surface area contributed by atoms with Gasteiger partial charge in [-0.25, -0.2) is 0 Å². The lowest BCUT2D eigenvalue weighted by Crippen LogP contribution is -1.91. The van der Waals surface area contributed by atoms with Crippen molar-refractivity contribution in [3.63, 3.8) is 0 Å². The number of carbonyl (C=O) groups excluding carboxylic acids is 1. The van der Waals surface area contributed by atoms with Gasteiger partial charge in [0.25, 0.3) is 0 Å². The Labute approximate surface area is 94.4 Å². The van der Waals surface area contributed by atoms with Gasteiger partial charge >= 0.3 is 0 Å². The van der Waals surface area contributed by atoms with Gasteiger partial charge < -0.3 is 9.72 Å². The van der Waals surface area contributed by atoms with Crippen molar-refractivity contribution in [2.45, 2.75) is 19.8 Å². The second kappa shape index (κ2) is 4.00. The first kappa shape index (κ1) is 10.7. The summed E-state index contributed by atoms with van der Waals surface area (Å²) in [5.41, 5.74) is 2.78. The van der Waals surface area contributed by atoms with E-state index in [-0.39, 0.29) is 0 Å². The molecule has 0 aliphatic carbocycles. The number of hydrogen-bond acceptors (Lipinski definition) is 2. The Kier molecular flexibility index (Phi) is 2.69. The Hall–Kier alpha value is -1.77. The maximum atomic E-state index is 10.8. The number of fused-ring (bicyclic) bond motifs is 1. The van der Waals surface area contributed by atoms with Crippen molar-refractivity contribution in [2.75, 3.05) is 7.11 Å². The number of nitrogens with one attached hydrogen (secondary N) is 1. The topological polar surface area (TPSA) is 42.1 Å². The van der Waals surface area contributed by atoms with Crippen molar-refractivity contribution in [3.8, 4) is 5.75 Å². The molecule has 0 bridgehead atoms. The van der Waals surface area contributed by atoms with Crippen molar-refractivity contribution in [3.05, 3.63) is 29.5 Å². The normalized spacial score (nSPS) is 11.0. The van der Waals surface area contributed by atoms with E-state index in [0.29, 0.717) is 11.6 Å². The number of hydrogen-bond donors (Lipinski definition) is 1. The largest absolute Gasteiger partial charge is 0.496 e. The number of methoxy groups -OCH3 is 1. The lowest BCUT2D eigenvalue weighted by Gasteiger charge is -2.09. The molecule has 1 N–H and O–H groups in total. The second-order valence-corrected chi connectivity index (χ2v) is 4.14. The SMILES string of the molecule is COc1ccc(C(C)C)c2[nH]c(C=O)cc12. The zero-order chi connectivity index (χ0) is 11.7. The minimum absolute atomic E-state index is 0.409. The third-order valence-corrected chi connectivity index (χ3v) is 2.78. The maximum Gasteiger partial charge on any atom is 0.166 e. The minimum atomic E-state index is 0.409. The summed E-state index contributed by atoms with van der Waals surface area (Å²) in [5, 5.41) is 0.968. The van der Waals surface area contributed by atoms with Gasteiger partial charge in [0.05, 0.1) is 18.3 Å². The molecule has 0 atom stereocenters. The van der Waals surface area contributed by atoms with E-state index < -0.39 is 0 Å². The number of rotatable bonds is 3. The molecule has 0 aliphatic heterocycles. The van der Waals surface area contributed by atoms with Crippen LogP contribution in [-0.4, -0.2) is 18.4 Å². The summed E-state index contributed by atoms with van der Waals surface area (Å²) in [7, 11) is 1.64. The molecule has 0 aliphatic rings. The van der Waals surface area contributed by atoms with Crippen LogP contribution < -0.4 is 4.74 Å². The molecule has 1 heterocycles. The van der Waals surface area contributed by atoms with E-state index in [4.69, 9.17) is 4.74 Å². The Bertz CT molecular complexity index is 526. The van der Waals surface area contributed by atoms with Crippen LogP contribution >= 0.6 is 0 Å². The molecule has 0 saturated carbocycles. The summed E-state index contributed by atoms with van der Waals surface area (Å²) in [6.07, 6.45) is 0.823. The summed E-state index contributed by atoms with van der Waals surface area (Å²) < 4.78 is 5.28. The van der Waals surface area contributed by atoms with Crippen LogP contribution in [0.15, 0.2) is 18.2 Å². The van der Waals surface area contributed by atoms with Gasteiger partial charge in [0.15, 0.2) is 6.29 Å². The van der Waals surface area contributed by atoms with Crippen LogP contribution in [0.25, 0.3) is 10.9 Å². The quantitative estimate of drug-likeness (QED) is 0.802. The predicted octanol–water partition coefficient (Wildman–Crippen LogP) is 3.11. The van der Waals surface area contributed by atoms with Crippen LogP contribution in [0.4, 0.5) is 0 Å². The molecule has 84 valence electrons. The number of aromatic amines is 1. The summed E-state index contributed by atoms with van der Waals surface area (Å²) in [5.74, 6) is 1.20. The molecule has 1 aromatic carbocycles. The molecule has 16 heavy (non-hydrogen) atoms. The van der Waals surface area contributed by atoms with Crippen LogP contribution in [0.1, 0.15) is 35.8 Å². The van der Waals surface area contributed by atoms with Crippen LogP contribution in [0.2, 0.25) is 0 Å². The highest BCUT2D eigenvalue weighted by Crippen LogP contribution is 2.32. The minimum Gasteiger partial charge on any atom is -0.496 e. The first-order valence-corrected chi connectivity index (χ1v) is 5.32. The average molecular weight is 217 g/mol. The number of aldehydes is 1. The molecule has 0 fully saturated rings. The lowest BCUT2D eigenvalue weighted by molar-refractivity contribution is 0.112. The molecule has 0 saturated heterocycles. The highest BCUT2D eigenvalue weighted by Gasteiger charge is 2.12. The van der Waals surface area contributed by atoms with Crippen molar-refractivity contribution in [1.29, 1.82) is 0 Å². The van der Waals surface area contributed by atoms with Gasteiger partial charge in [0.2, 0.25) is 0 Å². The molecule has 3 nitrogen and oxygen atoms in total. The summed E-state index contributed by atoms with van der Waals surface area (Å²) in [4.78, 5) is 13.9. The maximum absolute atomic E-state index is 10.8. The number of ether oxygens (including phenoxy) is 1. The fourth-order valence-corrected chi connectivity index (χ4v) is 1.96. The van der Waals surface area contributed by atoms with Crippen LogP contribution in [0, 0.1) is 0 Å². The van der Waals surface area contributed by atoms with Crippen LogP contribution in [0.3, 0.4) is 0 Å². The standard InChI is InChI=1S/C13H15NO2/c1-8(2)10-4-5-12(16-3)11-6-9(7-15)14-13(10)11/h4-8,14H,1-3H3. The highest BCUT2D eigenvalue weighted by atomic mass is 16.5. The van der Waals surface area contributed by atoms with Crippen molar-refractivity contribution >= 4 is 17.2 Å². The smallest absolute Gasteiger partial charge is 0.166 e. The Morgan fingerprint density at radius 3 is 2.69 bits per heavy atom. The van der Waals surface area contributed by atoms with E-state index in [9.17, 15) is 4.79 Å². The van der Waals surface area contributed by atoms with Crippen molar-refractivity contribution < 1.29 is 9.53 Å². The third kappa shape index (κ3) is 1.58. The van der Waals surface area contributed by atoms with E-state index >= 15 is 0 Å². The van der Waals surface area contributed by atoms with E-state index in [2.05, 4.69) is 18.8 Å². The van der Waals surface area contributed by atoms with Crippen LogP contribution in [0.5, 0.6) is 5.75 Å². The molecule has 1 aromatic heterocycles. The Morgan fingerprint density at radius 1 is 1.38 bits per heavy atom. The van der Waals surface area contributed by atoms with Gasteiger partial charge in [-0.2, -0.15) is 0 Å². The van der Waals surface area contributed by atoms with Gasteiger partial charge in [0.1, 0.15) is 5.75 Å². The number of H-pyrrole nitrogens is 1. The Morgan fingerprint density at radius 2 is 2.12 bits per heavy atom. The van der Waals surface area contributed by atoms with Gasteiger partial charge in [0, 0.05) is 5.39 Å². The van der Waals surface area contributed by atoms with Crippen LogP contribution in [-0.2, 0) is 0 Å². The van der Waals surface area contributed by atoms with E-state index in [1.165, 1.54) is 5.56 Å². The number of aromatic nitrogens is 1.